The van der Waals surface area contributed by atoms with Gasteiger partial charge in [-0.3, -0.25) is 53.4 Å². The van der Waals surface area contributed by atoms with Gasteiger partial charge in [-0.15, -0.1) is 0 Å². The van der Waals surface area contributed by atoms with Gasteiger partial charge in [0.1, 0.15) is 60.4 Å². The predicted molar refractivity (Wildman–Crippen MR) is 398 cm³/mol. The van der Waals surface area contributed by atoms with E-state index < -0.39 is 138 Å². The van der Waals surface area contributed by atoms with Gasteiger partial charge in [0.15, 0.2) is 5.96 Å². The van der Waals surface area contributed by atoms with Gasteiger partial charge in [-0.25, -0.2) is 9.59 Å². The van der Waals surface area contributed by atoms with E-state index in [-0.39, 0.29) is 88.4 Å². The van der Waals surface area contributed by atoms with Gasteiger partial charge in [0.25, 0.3) is 0 Å². The van der Waals surface area contributed by atoms with Crippen LogP contribution in [0.25, 0.3) is 10.8 Å². The first-order chi connectivity index (χ1) is 50.5. The van der Waals surface area contributed by atoms with E-state index in [4.69, 9.17) is 45.7 Å². The van der Waals surface area contributed by atoms with Crippen LogP contribution in [-0.4, -0.2) is 167 Å². The number of aliphatic hydroxyl groups excluding tert-OH is 1. The van der Waals surface area contributed by atoms with E-state index in [1.165, 1.54) is 36.1 Å². The third kappa shape index (κ3) is 25.2. The number of likely N-dealkylation sites (tertiary alicyclic amines) is 1. The van der Waals surface area contributed by atoms with Crippen LogP contribution in [0.3, 0.4) is 0 Å². The van der Waals surface area contributed by atoms with E-state index in [2.05, 4.69) is 58.5 Å². The number of hydrogen-bond donors (Lipinski definition) is 18. The van der Waals surface area contributed by atoms with Crippen molar-refractivity contribution < 1.29 is 62.6 Å². The maximum absolute atomic E-state index is 15.2. The van der Waals surface area contributed by atoms with E-state index in [0.29, 0.717) is 44.9 Å². The second-order valence-electron chi connectivity index (χ2n) is 26.3. The average molecular weight is 1480 g/mol. The molecule has 0 spiro atoms. The molecular weight excluding hydrogens is 1380 g/mol. The Balaban J connectivity index is 1.16. The summed E-state index contributed by atoms with van der Waals surface area (Å²) in [6.45, 7) is 4.11. The summed E-state index contributed by atoms with van der Waals surface area (Å²) in [6.07, 6.45) is -0.246. The number of carbonyl (C=O) groups excluding carboxylic acids is 12. The highest BCUT2D eigenvalue weighted by atomic mass is 35.5. The monoisotopic (exact) mass is 1480 g/mol. The van der Waals surface area contributed by atoms with Crippen LogP contribution in [0.5, 0.6) is 0 Å². The first kappa shape index (κ1) is 81.4. The largest absolute Gasteiger partial charge is 0.399 e. The molecule has 23 N–H and O–H groups in total. The number of nitrogens with two attached hydrogens (primary N) is 5. The number of anilines is 2. The summed E-state index contributed by atoms with van der Waals surface area (Å²) in [5.74, 6) is -9.26. The number of guanidine groups is 1. The number of rotatable bonds is 37. The zero-order chi connectivity index (χ0) is 77.1. The van der Waals surface area contributed by atoms with Gasteiger partial charge in [0.05, 0.1) is 6.61 Å². The minimum atomic E-state index is -1.86. The SMILES string of the molecule is CC(C)C[C@H](NC(=O)[C@@H](Cc1ccc(N)cc1)NC(=O)[C@H](Cc1ccc(NC(N)=O)cc1)NC(=O)[C@H](CO)NC(=O)[C@@H](Cc1ccccc1)NC(=O)[C@@H](Cc1ccc(Cl)cc1)NC(=O)[C@@H](Cc1cccc2ccccc12)NC(N)=O)C(=O)N[C@@H](CCCNC(=N)N)C(=O)N1CCC[C@H]1C(=O)N[C@H](C)C(N)=O. The quantitative estimate of drug-likeness (QED) is 0.0111. The molecule has 1 heterocycles. The third-order valence-corrected chi connectivity index (χ3v) is 17.8. The number of nitrogens with one attached hydrogen (secondary N) is 12. The topological polar surface area (TPSA) is 515 Å². The Bertz CT molecular complexity index is 4090. The van der Waals surface area contributed by atoms with Crippen molar-refractivity contribution in [3.63, 3.8) is 0 Å². The van der Waals surface area contributed by atoms with Crippen molar-refractivity contribution in [2.75, 3.05) is 30.7 Å². The number of benzene rings is 6. The van der Waals surface area contributed by atoms with Crippen molar-refractivity contribution in [1.29, 1.82) is 5.41 Å². The third-order valence-electron chi connectivity index (χ3n) is 17.6. The fraction of sp³-hybridized carbons (Fsp3) is 0.365. The van der Waals surface area contributed by atoms with Crippen LogP contribution in [0, 0.1) is 11.3 Å². The minimum Gasteiger partial charge on any atom is -0.399 e. The number of amides is 14. The van der Waals surface area contributed by atoms with Crippen LogP contribution in [0.15, 0.2) is 146 Å². The maximum Gasteiger partial charge on any atom is 0.316 e. The van der Waals surface area contributed by atoms with Gasteiger partial charge in [0.2, 0.25) is 59.1 Å². The number of fused-ring (bicyclic) bond motifs is 1. The molecule has 0 aliphatic carbocycles. The molecule has 1 saturated heterocycles. The number of primary amides is 3. The molecule has 31 nitrogen and oxygen atoms in total. The van der Waals surface area contributed by atoms with Gasteiger partial charge >= 0.3 is 12.1 Å². The Labute approximate surface area is 617 Å². The summed E-state index contributed by atoms with van der Waals surface area (Å²) in [4.78, 5) is 169. The number of nitrogen functional groups attached to an aromatic ring is 1. The lowest BCUT2D eigenvalue weighted by Crippen LogP contribution is -2.62. The van der Waals surface area contributed by atoms with Gasteiger partial charge < -0.3 is 97.2 Å². The molecular formula is C74H93ClN18O13. The van der Waals surface area contributed by atoms with Gasteiger partial charge in [-0.1, -0.05) is 135 Å². The summed E-state index contributed by atoms with van der Waals surface area (Å²) in [7, 11) is 0. The highest BCUT2D eigenvalue weighted by Gasteiger charge is 2.40. The Hall–Kier alpha value is -11.9. The lowest BCUT2D eigenvalue weighted by Gasteiger charge is -2.31. The molecule has 0 unspecified atom stereocenters. The van der Waals surface area contributed by atoms with E-state index in [9.17, 15) is 53.1 Å². The number of aliphatic hydroxyl groups is 1. The van der Waals surface area contributed by atoms with Crippen LogP contribution >= 0.6 is 11.6 Å². The fourth-order valence-electron chi connectivity index (χ4n) is 12.1. The molecule has 7 rings (SSSR count). The molecule has 32 heteroatoms. The molecule has 1 fully saturated rings. The number of carbonyl (C=O) groups is 12. The van der Waals surface area contributed by atoms with E-state index >= 15 is 9.59 Å². The maximum atomic E-state index is 15.2. The zero-order valence-corrected chi connectivity index (χ0v) is 59.7. The molecule has 1 aliphatic rings. The van der Waals surface area contributed by atoms with Crippen LogP contribution in [-0.2, 0) is 80.0 Å². The molecule has 564 valence electrons. The lowest BCUT2D eigenvalue weighted by molar-refractivity contribution is -0.142. The molecule has 0 radical (unpaired) electrons. The van der Waals surface area contributed by atoms with Crippen LogP contribution < -0.4 is 87.2 Å². The standard InChI is InChI=1S/C74H93ClN18O13/c1-41(2)34-54(63(96)85-53(18-10-32-82-72(78)79)71(104)93-33-11-19-61(93)70(103)83-42(3)62(77)95)86-64(97)57(37-45-22-28-50(76)29-23-45)88-66(99)58(38-46-24-30-51(31-25-46)84-73(80)105)90-69(102)60(40-94)91-67(100)55(35-43-12-5-4-6-13-43)87-65(98)56(36-44-20-26-49(75)27-21-44)89-68(101)59(92-74(81)106)39-48-16-9-15-47-14-7-8-17-52(47)48/h4-9,12-17,20-31,41-42,53-61,94H,10-11,18-19,32-40,76H2,1-3H3,(H2,77,95)(H,83,103)(H,85,96)(H,86,97)(H,87,98)(H,88,99)(H,89,101)(H,90,102)(H,91,100)(H4,78,79,82)(H3,80,84,105)(H3,81,92,106)/t42-,53+,54+,55-,56-,57-,58+,59-,60+,61+/m1/s1. The van der Waals surface area contributed by atoms with Crippen molar-refractivity contribution in [3.05, 3.63) is 178 Å². The van der Waals surface area contributed by atoms with E-state index in [1.807, 2.05) is 30.3 Å². The van der Waals surface area contributed by atoms with Crippen molar-refractivity contribution in [2.45, 2.75) is 145 Å². The molecule has 6 aromatic carbocycles. The number of nitrogens with zero attached hydrogens (tertiary/aromatic N) is 1. The summed E-state index contributed by atoms with van der Waals surface area (Å²) < 4.78 is 0. The van der Waals surface area contributed by atoms with Crippen molar-refractivity contribution in [3.8, 4) is 0 Å². The summed E-state index contributed by atoms with van der Waals surface area (Å²) in [5, 5.41) is 49.7. The van der Waals surface area contributed by atoms with E-state index in [0.717, 1.165) is 10.8 Å². The second-order valence-corrected chi connectivity index (χ2v) is 26.7. The number of hydrogen-bond acceptors (Lipinski definition) is 15. The summed E-state index contributed by atoms with van der Waals surface area (Å²) in [5.41, 5.74) is 31.2. The van der Waals surface area contributed by atoms with Crippen LogP contribution in [0.2, 0.25) is 5.02 Å². The van der Waals surface area contributed by atoms with Crippen molar-refractivity contribution >= 4 is 111 Å². The van der Waals surface area contributed by atoms with E-state index in [1.54, 1.807) is 105 Å². The molecule has 1 aliphatic heterocycles. The highest BCUT2D eigenvalue weighted by Crippen LogP contribution is 2.23. The van der Waals surface area contributed by atoms with Crippen LogP contribution in [0.4, 0.5) is 21.0 Å². The molecule has 6 aromatic rings. The van der Waals surface area contributed by atoms with Crippen molar-refractivity contribution in [1.82, 2.24) is 58.1 Å². The Morgan fingerprint density at radius 1 is 0.509 bits per heavy atom. The van der Waals surface area contributed by atoms with Gasteiger partial charge in [-0.05, 0) is 120 Å². The Morgan fingerprint density at radius 2 is 0.962 bits per heavy atom. The number of halogens is 1. The molecule has 0 saturated carbocycles. The zero-order valence-electron chi connectivity index (χ0n) is 59.0. The Morgan fingerprint density at radius 3 is 1.47 bits per heavy atom. The smallest absolute Gasteiger partial charge is 0.316 e. The molecule has 0 bridgehead atoms. The predicted octanol–water partition coefficient (Wildman–Crippen LogP) is 0.792. The average Bonchev–Trinajstić information content (AvgIpc) is 1.39. The summed E-state index contributed by atoms with van der Waals surface area (Å²) >= 11 is 6.24. The van der Waals surface area contributed by atoms with Gasteiger partial charge in [0, 0.05) is 61.6 Å². The summed E-state index contributed by atoms with van der Waals surface area (Å²) in [6, 6.07) is 24.0. The van der Waals surface area contributed by atoms with Gasteiger partial charge in [-0.2, -0.15) is 0 Å². The number of urea groups is 2. The molecule has 106 heavy (non-hydrogen) atoms. The lowest BCUT2D eigenvalue weighted by atomic mass is 9.97. The Kier molecular flexibility index (Phi) is 30.5. The molecule has 10 atom stereocenters. The fourth-order valence-corrected chi connectivity index (χ4v) is 12.2. The minimum absolute atomic E-state index is 0.0135. The second kappa shape index (κ2) is 39.7. The van der Waals surface area contributed by atoms with Crippen LogP contribution in [0.1, 0.15) is 80.7 Å². The first-order valence-electron chi connectivity index (χ1n) is 34.6. The first-order valence-corrected chi connectivity index (χ1v) is 34.9. The molecule has 14 amide bonds. The molecule has 0 aromatic heterocycles. The van der Waals surface area contributed by atoms with Crippen molar-refractivity contribution in [2.24, 2.45) is 28.9 Å². The highest BCUT2D eigenvalue weighted by molar-refractivity contribution is 6.30. The normalized spacial score (nSPS) is 15.0.